The Morgan fingerprint density at radius 2 is 2.00 bits per heavy atom. The molecule has 25 heavy (non-hydrogen) atoms. The number of hydrogen-bond acceptors (Lipinski definition) is 4. The summed E-state index contributed by atoms with van der Waals surface area (Å²) in [5.41, 5.74) is -0.777. The van der Waals surface area contributed by atoms with E-state index >= 15 is 0 Å². The summed E-state index contributed by atoms with van der Waals surface area (Å²) in [5, 5.41) is 5.63. The molecule has 1 aromatic heterocycles. The van der Waals surface area contributed by atoms with Crippen LogP contribution in [0.5, 0.6) is 0 Å². The normalized spacial score (nSPS) is 24.8. The predicted molar refractivity (Wildman–Crippen MR) is 91.5 cm³/mol. The molecule has 2 aliphatic rings. The molecule has 0 aromatic carbocycles. The Hall–Kier alpha value is -2.44. The first kappa shape index (κ1) is 17.4. The molecule has 1 aliphatic carbocycles. The number of pyridine rings is 1. The Labute approximate surface area is 147 Å². The van der Waals surface area contributed by atoms with Crippen molar-refractivity contribution in [2.75, 3.05) is 6.54 Å². The minimum Gasteiger partial charge on any atom is -0.352 e. The summed E-state index contributed by atoms with van der Waals surface area (Å²) in [4.78, 5) is 42.4. The van der Waals surface area contributed by atoms with Crippen molar-refractivity contribution in [1.82, 2.24) is 20.5 Å². The van der Waals surface area contributed by atoms with Crippen LogP contribution in [0.15, 0.2) is 24.4 Å². The molecule has 2 N–H and O–H groups in total. The minimum atomic E-state index is -1.24. The fourth-order valence-corrected chi connectivity index (χ4v) is 3.51. The zero-order valence-electron chi connectivity index (χ0n) is 14.5. The second-order valence-electron chi connectivity index (χ2n) is 6.92. The highest BCUT2D eigenvalue weighted by Gasteiger charge is 2.50. The van der Waals surface area contributed by atoms with Crippen LogP contribution < -0.4 is 10.6 Å². The number of hydrogen-bond donors (Lipinski definition) is 2. The highest BCUT2D eigenvalue weighted by Crippen LogP contribution is 2.27. The van der Waals surface area contributed by atoms with Gasteiger partial charge >= 0.3 is 6.03 Å². The standard InChI is InChI=1S/C18H24N4O3/c1-18(14-10-6-7-11-19-14)16(24)22(17(25)21-18)12-15(23)20-13-8-4-2-3-5-9-13/h6-7,10-11,13H,2-5,8-9,12H2,1H3,(H,20,23)(H,21,25)/t18-/m1/s1. The molecule has 4 amide bonds. The molecular formula is C18H24N4O3. The average molecular weight is 344 g/mol. The molecule has 3 rings (SSSR count). The van der Waals surface area contributed by atoms with Gasteiger partial charge in [0.15, 0.2) is 5.54 Å². The van der Waals surface area contributed by atoms with Gasteiger partial charge < -0.3 is 10.6 Å². The van der Waals surface area contributed by atoms with Crippen molar-refractivity contribution in [1.29, 1.82) is 0 Å². The SMILES string of the molecule is C[C@]1(c2ccccn2)NC(=O)N(CC(=O)NC2CCCCCC2)C1=O. The van der Waals surface area contributed by atoms with Gasteiger partial charge in [0.25, 0.3) is 5.91 Å². The molecule has 134 valence electrons. The third kappa shape index (κ3) is 3.65. The van der Waals surface area contributed by atoms with Crippen LogP contribution in [-0.2, 0) is 15.1 Å². The fourth-order valence-electron chi connectivity index (χ4n) is 3.51. The van der Waals surface area contributed by atoms with E-state index in [4.69, 9.17) is 0 Å². The van der Waals surface area contributed by atoms with Gasteiger partial charge in [0.05, 0.1) is 5.69 Å². The van der Waals surface area contributed by atoms with Crippen LogP contribution in [0.3, 0.4) is 0 Å². The Morgan fingerprint density at radius 1 is 1.28 bits per heavy atom. The Morgan fingerprint density at radius 3 is 2.64 bits per heavy atom. The number of carbonyl (C=O) groups is 3. The molecule has 1 saturated carbocycles. The molecule has 1 aliphatic heterocycles. The number of urea groups is 1. The van der Waals surface area contributed by atoms with Gasteiger partial charge in [0.1, 0.15) is 6.54 Å². The summed E-state index contributed by atoms with van der Waals surface area (Å²) in [6, 6.07) is 4.76. The topological polar surface area (TPSA) is 91.4 Å². The van der Waals surface area contributed by atoms with E-state index in [0.717, 1.165) is 30.6 Å². The van der Waals surface area contributed by atoms with E-state index in [1.54, 1.807) is 31.3 Å². The van der Waals surface area contributed by atoms with Crippen molar-refractivity contribution in [3.8, 4) is 0 Å². The second kappa shape index (κ2) is 7.21. The van der Waals surface area contributed by atoms with Crippen molar-refractivity contribution in [3.63, 3.8) is 0 Å². The van der Waals surface area contributed by atoms with E-state index in [1.165, 1.54) is 12.8 Å². The summed E-state index contributed by atoms with van der Waals surface area (Å²) in [6.07, 6.45) is 8.08. The predicted octanol–water partition coefficient (Wildman–Crippen LogP) is 1.69. The number of nitrogens with zero attached hydrogens (tertiary/aromatic N) is 2. The fraction of sp³-hybridized carbons (Fsp3) is 0.556. The number of imide groups is 1. The summed E-state index contributed by atoms with van der Waals surface area (Å²) in [6.45, 7) is 1.35. The first-order valence-electron chi connectivity index (χ1n) is 8.86. The molecule has 1 aromatic rings. The maximum atomic E-state index is 12.7. The van der Waals surface area contributed by atoms with Gasteiger partial charge in [-0.25, -0.2) is 4.79 Å². The lowest BCUT2D eigenvalue weighted by atomic mass is 9.97. The summed E-state index contributed by atoms with van der Waals surface area (Å²) >= 11 is 0. The Kier molecular flexibility index (Phi) is 5.01. The number of nitrogens with one attached hydrogen (secondary N) is 2. The number of rotatable bonds is 4. The van der Waals surface area contributed by atoms with Gasteiger partial charge in [-0.1, -0.05) is 31.7 Å². The van der Waals surface area contributed by atoms with E-state index in [2.05, 4.69) is 15.6 Å². The van der Waals surface area contributed by atoms with E-state index in [9.17, 15) is 14.4 Å². The summed E-state index contributed by atoms with van der Waals surface area (Å²) in [7, 11) is 0. The van der Waals surface area contributed by atoms with E-state index < -0.39 is 17.5 Å². The van der Waals surface area contributed by atoms with Gasteiger partial charge in [0, 0.05) is 12.2 Å². The first-order chi connectivity index (χ1) is 12.0. The van der Waals surface area contributed by atoms with E-state index in [0.29, 0.717) is 5.69 Å². The lowest BCUT2D eigenvalue weighted by molar-refractivity contribution is -0.135. The van der Waals surface area contributed by atoms with Crippen molar-refractivity contribution < 1.29 is 14.4 Å². The van der Waals surface area contributed by atoms with Crippen molar-refractivity contribution in [3.05, 3.63) is 30.1 Å². The molecule has 7 heteroatoms. The van der Waals surface area contributed by atoms with Crippen molar-refractivity contribution >= 4 is 17.8 Å². The number of aromatic nitrogens is 1. The van der Waals surface area contributed by atoms with E-state index in [-0.39, 0.29) is 18.5 Å². The van der Waals surface area contributed by atoms with E-state index in [1.807, 2.05) is 0 Å². The summed E-state index contributed by atoms with van der Waals surface area (Å²) in [5.74, 6) is -0.743. The highest BCUT2D eigenvalue weighted by atomic mass is 16.2. The average Bonchev–Trinajstić information content (AvgIpc) is 2.80. The highest BCUT2D eigenvalue weighted by molar-refractivity contribution is 6.08. The third-order valence-electron chi connectivity index (χ3n) is 4.97. The molecular weight excluding hydrogens is 320 g/mol. The second-order valence-corrected chi connectivity index (χ2v) is 6.92. The molecule has 2 heterocycles. The molecule has 1 atom stereocenters. The van der Waals surface area contributed by atoms with Crippen LogP contribution >= 0.6 is 0 Å². The zero-order valence-corrected chi connectivity index (χ0v) is 14.5. The first-order valence-corrected chi connectivity index (χ1v) is 8.86. The molecule has 0 bridgehead atoms. The maximum absolute atomic E-state index is 12.7. The smallest absolute Gasteiger partial charge is 0.325 e. The van der Waals surface area contributed by atoms with Crippen molar-refractivity contribution in [2.45, 2.75) is 57.0 Å². The van der Waals surface area contributed by atoms with Crippen molar-refractivity contribution in [2.24, 2.45) is 0 Å². The molecule has 0 radical (unpaired) electrons. The largest absolute Gasteiger partial charge is 0.352 e. The zero-order chi connectivity index (χ0) is 17.9. The van der Waals surface area contributed by atoms with Crippen LogP contribution in [0.4, 0.5) is 4.79 Å². The quantitative estimate of drug-likeness (QED) is 0.642. The molecule has 1 saturated heterocycles. The summed E-state index contributed by atoms with van der Waals surface area (Å²) < 4.78 is 0. The molecule has 0 unspecified atom stereocenters. The number of carbonyl (C=O) groups excluding carboxylic acids is 3. The molecule has 7 nitrogen and oxygen atoms in total. The van der Waals surface area contributed by atoms with Crippen LogP contribution in [0.1, 0.15) is 51.1 Å². The van der Waals surface area contributed by atoms with Gasteiger partial charge in [-0.15, -0.1) is 0 Å². The Bertz CT molecular complexity index is 656. The van der Waals surface area contributed by atoms with Gasteiger partial charge in [-0.05, 0) is 31.9 Å². The van der Waals surface area contributed by atoms with Crippen LogP contribution in [0.25, 0.3) is 0 Å². The third-order valence-corrected chi connectivity index (χ3v) is 4.97. The van der Waals surface area contributed by atoms with Gasteiger partial charge in [-0.3, -0.25) is 19.5 Å². The lowest BCUT2D eigenvalue weighted by Gasteiger charge is -2.21. The molecule has 2 fully saturated rings. The van der Waals surface area contributed by atoms with Crippen LogP contribution in [-0.4, -0.2) is 40.3 Å². The van der Waals surface area contributed by atoms with Crippen LogP contribution in [0.2, 0.25) is 0 Å². The van der Waals surface area contributed by atoms with Gasteiger partial charge in [0.2, 0.25) is 5.91 Å². The maximum Gasteiger partial charge on any atom is 0.325 e. The van der Waals surface area contributed by atoms with Gasteiger partial charge in [-0.2, -0.15) is 0 Å². The monoisotopic (exact) mass is 344 g/mol. The molecule has 0 spiro atoms. The van der Waals surface area contributed by atoms with Crippen LogP contribution in [0, 0.1) is 0 Å². The number of amides is 4. The Balaban J connectivity index is 1.65. The minimum absolute atomic E-state index is 0.137. The lowest BCUT2D eigenvalue weighted by Crippen LogP contribution is -2.45.